The number of likely N-dealkylation sites (tertiary alicyclic amines) is 1. The number of carbonyl (C=O) groups is 1. The van der Waals surface area contributed by atoms with Crippen molar-refractivity contribution in [3.63, 3.8) is 0 Å². The number of nitrogens with one attached hydrogen (secondary N) is 1. The van der Waals surface area contributed by atoms with Crippen LogP contribution in [0, 0.1) is 5.82 Å². The van der Waals surface area contributed by atoms with E-state index in [1.54, 1.807) is 12.1 Å². The number of amides is 1. The minimum Gasteiger partial charge on any atom is -0.392 e. The van der Waals surface area contributed by atoms with E-state index in [9.17, 15) is 14.3 Å². The van der Waals surface area contributed by atoms with Gasteiger partial charge in [-0.05, 0) is 43.4 Å². The normalized spacial score (nSPS) is 28.9. The molecule has 1 saturated heterocycles. The van der Waals surface area contributed by atoms with Crippen molar-refractivity contribution in [2.45, 2.75) is 50.3 Å². The molecule has 0 aromatic heterocycles. The minimum atomic E-state index is -0.310. The average Bonchev–Trinajstić information content (AvgIpc) is 3.07. The summed E-state index contributed by atoms with van der Waals surface area (Å²) in [6.07, 6.45) is 3.94. The molecule has 1 aromatic rings. The number of benzene rings is 1. The third-order valence-corrected chi connectivity index (χ3v) is 4.74. The molecule has 1 aromatic carbocycles. The fourth-order valence-electron chi connectivity index (χ4n) is 3.71. The van der Waals surface area contributed by atoms with Gasteiger partial charge in [-0.25, -0.2) is 4.39 Å². The van der Waals surface area contributed by atoms with Crippen molar-refractivity contribution in [3.8, 4) is 0 Å². The smallest absolute Gasteiger partial charge is 0.224 e. The number of β-amino-alcohol motifs (C(OH)–C–C–N with tert-alkyl or cyclic N) is 1. The molecule has 2 N–H and O–H groups in total. The van der Waals surface area contributed by atoms with E-state index in [1.807, 2.05) is 0 Å². The lowest BCUT2D eigenvalue weighted by Crippen LogP contribution is -2.48. The fourth-order valence-corrected chi connectivity index (χ4v) is 3.71. The van der Waals surface area contributed by atoms with Crippen molar-refractivity contribution in [2.75, 3.05) is 13.1 Å². The number of carbonyl (C=O) groups excluding carboxylic acids is 1. The van der Waals surface area contributed by atoms with E-state index >= 15 is 0 Å². The lowest BCUT2D eigenvalue weighted by molar-refractivity contribution is -0.121. The molecule has 3 atom stereocenters. The quantitative estimate of drug-likeness (QED) is 0.886. The summed E-state index contributed by atoms with van der Waals surface area (Å²) >= 11 is 0. The van der Waals surface area contributed by atoms with Crippen LogP contribution in [0.2, 0.25) is 0 Å². The molecule has 1 aliphatic carbocycles. The predicted molar refractivity (Wildman–Crippen MR) is 81.9 cm³/mol. The molecular weight excluding hydrogens is 283 g/mol. The van der Waals surface area contributed by atoms with Crippen molar-refractivity contribution in [1.29, 1.82) is 0 Å². The molecular formula is C17H23FN2O2. The van der Waals surface area contributed by atoms with Gasteiger partial charge in [0.25, 0.3) is 0 Å². The van der Waals surface area contributed by atoms with Crippen LogP contribution >= 0.6 is 0 Å². The summed E-state index contributed by atoms with van der Waals surface area (Å²) in [5, 5.41) is 12.8. The summed E-state index contributed by atoms with van der Waals surface area (Å²) in [5.41, 5.74) is 0.698. The number of halogens is 1. The Morgan fingerprint density at radius 3 is 2.95 bits per heavy atom. The van der Waals surface area contributed by atoms with Gasteiger partial charge < -0.3 is 10.4 Å². The van der Waals surface area contributed by atoms with Crippen LogP contribution in [-0.2, 0) is 11.2 Å². The Hall–Kier alpha value is -1.46. The third kappa shape index (κ3) is 3.65. The molecule has 5 heteroatoms. The summed E-state index contributed by atoms with van der Waals surface area (Å²) in [4.78, 5) is 14.5. The van der Waals surface area contributed by atoms with Crippen LogP contribution in [0.15, 0.2) is 24.3 Å². The highest BCUT2D eigenvalue weighted by atomic mass is 19.1. The first-order valence-electron chi connectivity index (χ1n) is 8.08. The highest BCUT2D eigenvalue weighted by molar-refractivity contribution is 5.79. The van der Waals surface area contributed by atoms with Gasteiger partial charge in [-0.2, -0.15) is 0 Å². The number of hydrogen-bond acceptors (Lipinski definition) is 3. The summed E-state index contributed by atoms with van der Waals surface area (Å²) in [7, 11) is 0. The van der Waals surface area contributed by atoms with Gasteiger partial charge in [0.05, 0.1) is 12.5 Å². The molecule has 1 amide bonds. The Labute approximate surface area is 130 Å². The van der Waals surface area contributed by atoms with Crippen LogP contribution in [0.1, 0.15) is 31.2 Å². The van der Waals surface area contributed by atoms with Crippen molar-refractivity contribution >= 4 is 5.91 Å². The maximum Gasteiger partial charge on any atom is 0.224 e. The Balaban J connectivity index is 1.56. The highest BCUT2D eigenvalue weighted by Gasteiger charge is 2.36. The van der Waals surface area contributed by atoms with E-state index in [4.69, 9.17) is 0 Å². The average molecular weight is 306 g/mol. The van der Waals surface area contributed by atoms with Crippen LogP contribution in [-0.4, -0.2) is 47.2 Å². The molecule has 2 aliphatic rings. The van der Waals surface area contributed by atoms with Gasteiger partial charge in [-0.15, -0.1) is 0 Å². The van der Waals surface area contributed by atoms with Gasteiger partial charge in [0, 0.05) is 25.2 Å². The van der Waals surface area contributed by atoms with Crippen LogP contribution < -0.4 is 5.32 Å². The molecule has 2 fully saturated rings. The molecule has 120 valence electrons. The second-order valence-electron chi connectivity index (χ2n) is 6.42. The second kappa shape index (κ2) is 6.75. The second-order valence-corrected chi connectivity index (χ2v) is 6.42. The number of aliphatic hydroxyl groups excluding tert-OH is 1. The topological polar surface area (TPSA) is 52.6 Å². The molecule has 4 nitrogen and oxygen atoms in total. The zero-order chi connectivity index (χ0) is 15.5. The van der Waals surface area contributed by atoms with Gasteiger partial charge in [0.2, 0.25) is 5.91 Å². The zero-order valence-corrected chi connectivity index (χ0v) is 12.7. The predicted octanol–water partition coefficient (Wildman–Crippen LogP) is 1.47. The number of aliphatic hydroxyl groups is 1. The van der Waals surface area contributed by atoms with Crippen LogP contribution in [0.4, 0.5) is 4.39 Å². The Kier molecular flexibility index (Phi) is 4.74. The summed E-state index contributed by atoms with van der Waals surface area (Å²) < 4.78 is 13.2. The number of nitrogens with zero attached hydrogens (tertiary/aromatic N) is 1. The van der Waals surface area contributed by atoms with Crippen molar-refractivity contribution in [2.24, 2.45) is 0 Å². The summed E-state index contributed by atoms with van der Waals surface area (Å²) in [6, 6.07) is 6.66. The summed E-state index contributed by atoms with van der Waals surface area (Å²) in [5.74, 6) is -0.364. The maximum atomic E-state index is 13.2. The first kappa shape index (κ1) is 15.4. The molecule has 1 unspecified atom stereocenters. The monoisotopic (exact) mass is 306 g/mol. The first-order valence-corrected chi connectivity index (χ1v) is 8.08. The van der Waals surface area contributed by atoms with E-state index in [1.165, 1.54) is 12.1 Å². The van der Waals surface area contributed by atoms with Crippen molar-refractivity contribution in [1.82, 2.24) is 10.2 Å². The Bertz CT molecular complexity index is 537. The van der Waals surface area contributed by atoms with Crippen molar-refractivity contribution < 1.29 is 14.3 Å². The maximum absolute atomic E-state index is 13.2. The van der Waals surface area contributed by atoms with Crippen molar-refractivity contribution in [3.05, 3.63) is 35.6 Å². The third-order valence-electron chi connectivity index (χ3n) is 4.74. The number of rotatable bonds is 4. The van der Waals surface area contributed by atoms with E-state index in [-0.39, 0.29) is 30.3 Å². The molecule has 1 saturated carbocycles. The molecule has 3 rings (SSSR count). The number of hydrogen-bond donors (Lipinski definition) is 2. The largest absolute Gasteiger partial charge is 0.392 e. The zero-order valence-electron chi connectivity index (χ0n) is 12.7. The van der Waals surface area contributed by atoms with E-state index in [2.05, 4.69) is 10.2 Å². The SMILES string of the molecule is O=C(Cc1cccc(F)c1)N[C@@H]1CCC[C@@H]1N1CCC(O)C1. The minimum absolute atomic E-state index is 0.0535. The van der Waals surface area contributed by atoms with E-state index < -0.39 is 0 Å². The van der Waals surface area contributed by atoms with Gasteiger partial charge in [0.15, 0.2) is 0 Å². The van der Waals surface area contributed by atoms with Crippen LogP contribution in [0.5, 0.6) is 0 Å². The molecule has 0 spiro atoms. The Morgan fingerprint density at radius 2 is 2.23 bits per heavy atom. The van der Waals surface area contributed by atoms with Gasteiger partial charge >= 0.3 is 0 Å². The van der Waals surface area contributed by atoms with Gasteiger partial charge in [0.1, 0.15) is 5.82 Å². The first-order chi connectivity index (χ1) is 10.6. The standard InChI is InChI=1S/C17H23FN2O2/c18-13-4-1-3-12(9-13)10-17(22)19-15-5-2-6-16(15)20-8-7-14(21)11-20/h1,3-4,9,14-16,21H,2,5-8,10-11H2,(H,19,22)/t14?,15-,16+/m1/s1. The molecule has 1 aliphatic heterocycles. The highest BCUT2D eigenvalue weighted by Crippen LogP contribution is 2.27. The molecule has 1 heterocycles. The molecule has 22 heavy (non-hydrogen) atoms. The molecule has 0 bridgehead atoms. The molecule has 0 radical (unpaired) electrons. The fraction of sp³-hybridized carbons (Fsp3) is 0.588. The summed E-state index contributed by atoms with van der Waals surface area (Å²) in [6.45, 7) is 1.61. The van der Waals surface area contributed by atoms with Gasteiger partial charge in [-0.1, -0.05) is 12.1 Å². The lowest BCUT2D eigenvalue weighted by Gasteiger charge is -2.29. The van der Waals surface area contributed by atoms with E-state index in [0.29, 0.717) is 18.2 Å². The van der Waals surface area contributed by atoms with Crippen LogP contribution in [0.3, 0.4) is 0 Å². The van der Waals surface area contributed by atoms with Gasteiger partial charge in [-0.3, -0.25) is 9.69 Å². The Morgan fingerprint density at radius 1 is 1.36 bits per heavy atom. The van der Waals surface area contributed by atoms with E-state index in [0.717, 1.165) is 32.2 Å². The lowest BCUT2D eigenvalue weighted by atomic mass is 10.1. The van der Waals surface area contributed by atoms with Crippen LogP contribution in [0.25, 0.3) is 0 Å².